The van der Waals surface area contributed by atoms with Gasteiger partial charge < -0.3 is 9.50 Å². The topological polar surface area (TPSA) is 96.5 Å². The molecule has 1 aliphatic rings. The highest BCUT2D eigenvalue weighted by Crippen LogP contribution is 2.42. The number of rotatable bonds is 5. The van der Waals surface area contributed by atoms with Gasteiger partial charge in [0.2, 0.25) is 0 Å². The Bertz CT molecular complexity index is 1070. The number of nitrogens with one attached hydrogen (secondary N) is 3. The maximum atomic E-state index is 12.3. The molecule has 3 aromatic rings. The molecule has 7 nitrogen and oxygen atoms in total. The van der Waals surface area contributed by atoms with Gasteiger partial charge in [-0.1, -0.05) is 71.6 Å². The van der Waals surface area contributed by atoms with Crippen LogP contribution in [0, 0.1) is 0 Å². The summed E-state index contributed by atoms with van der Waals surface area (Å²) in [6, 6.07) is 22.4. The van der Waals surface area contributed by atoms with E-state index in [1.807, 2.05) is 53.4 Å². The average molecular weight is 395 g/mol. The van der Waals surface area contributed by atoms with Crippen LogP contribution >= 0.6 is 0 Å². The minimum absolute atomic E-state index is 0.135. The summed E-state index contributed by atoms with van der Waals surface area (Å²) in [4.78, 5) is 14.2. The smallest absolute Gasteiger partial charge is 0.370 e. The number of hydrogen-bond acceptors (Lipinski definition) is 4. The molecule has 28 heavy (non-hydrogen) atoms. The largest absolute Gasteiger partial charge is 0.399 e. The van der Waals surface area contributed by atoms with E-state index in [0.717, 1.165) is 22.3 Å². The highest BCUT2D eigenvalue weighted by Gasteiger charge is 2.29. The van der Waals surface area contributed by atoms with E-state index in [0.29, 0.717) is 0 Å². The van der Waals surface area contributed by atoms with Crippen LogP contribution in [0.15, 0.2) is 78.9 Å². The summed E-state index contributed by atoms with van der Waals surface area (Å²) in [5.41, 5.74) is 6.09. The maximum Gasteiger partial charge on any atom is 0.399 e. The fraction of sp³-hybridized carbons (Fsp3) is 0.0500. The number of carbonyl (C=O) groups excluding carboxylic acids is 1. The highest BCUT2D eigenvalue weighted by molar-refractivity contribution is 7.85. The number of fused-ring (bicyclic) bond motifs is 3. The molecule has 0 radical (unpaired) electrons. The zero-order valence-corrected chi connectivity index (χ0v) is 15.4. The fourth-order valence-corrected chi connectivity index (χ4v) is 3.83. The molecule has 0 aromatic heterocycles. The Labute approximate surface area is 162 Å². The third-order valence-corrected chi connectivity index (χ3v) is 5.11. The van der Waals surface area contributed by atoms with Crippen LogP contribution in [-0.4, -0.2) is 14.4 Å². The Morgan fingerprint density at radius 1 is 0.786 bits per heavy atom. The van der Waals surface area contributed by atoms with E-state index in [-0.39, 0.29) is 11.8 Å². The molecule has 0 spiro atoms. The Kier molecular flexibility index (Phi) is 4.72. The molecule has 0 heterocycles. The van der Waals surface area contributed by atoms with E-state index in [2.05, 4.69) is 10.7 Å². The van der Waals surface area contributed by atoms with Crippen LogP contribution in [0.25, 0.3) is 11.1 Å². The van der Waals surface area contributed by atoms with Gasteiger partial charge in [-0.05, 0) is 34.4 Å². The first-order chi connectivity index (χ1) is 13.5. The van der Waals surface area contributed by atoms with E-state index >= 15 is 0 Å². The number of hydrogen-bond donors (Lipinski definition) is 3. The third-order valence-electron chi connectivity index (χ3n) is 4.35. The Hall–Kier alpha value is -3.36. The molecule has 1 aliphatic carbocycles. The van der Waals surface area contributed by atoms with Gasteiger partial charge in [-0.25, -0.2) is 4.79 Å². The second-order valence-electron chi connectivity index (χ2n) is 6.16. The van der Waals surface area contributed by atoms with Crippen molar-refractivity contribution in [3.05, 3.63) is 90.0 Å². The number of hydrazine groups is 1. The molecule has 0 aliphatic heterocycles. The molecule has 0 bridgehead atoms. The van der Waals surface area contributed by atoms with Gasteiger partial charge in [0.1, 0.15) is 5.75 Å². The van der Waals surface area contributed by atoms with Crippen molar-refractivity contribution in [3.63, 3.8) is 0 Å². The monoisotopic (exact) mass is 395 g/mol. The molecule has 3 aromatic carbocycles. The van der Waals surface area contributed by atoms with Crippen LogP contribution in [0.5, 0.6) is 5.75 Å². The number of carbonyl (C=O) groups is 1. The molecule has 0 saturated heterocycles. The fourth-order valence-electron chi connectivity index (χ4n) is 3.21. The first-order valence-corrected chi connectivity index (χ1v) is 9.95. The van der Waals surface area contributed by atoms with Crippen molar-refractivity contribution in [1.82, 2.24) is 15.6 Å². The van der Waals surface area contributed by atoms with Crippen LogP contribution in [0.4, 0.5) is 4.79 Å². The lowest BCUT2D eigenvalue weighted by Crippen LogP contribution is -2.48. The van der Waals surface area contributed by atoms with Crippen LogP contribution in [0.1, 0.15) is 17.2 Å². The van der Waals surface area contributed by atoms with E-state index in [9.17, 15) is 13.2 Å². The maximum absolute atomic E-state index is 12.3. The summed E-state index contributed by atoms with van der Waals surface area (Å²) < 4.78 is 28.8. The highest BCUT2D eigenvalue weighted by atomic mass is 32.2. The Morgan fingerprint density at radius 3 is 1.93 bits per heavy atom. The van der Waals surface area contributed by atoms with Crippen molar-refractivity contribution in [2.45, 2.75) is 6.04 Å². The van der Waals surface area contributed by atoms with Crippen LogP contribution in [-0.2, 0) is 10.3 Å². The number of urea groups is 1. The number of amides is 2. The van der Waals surface area contributed by atoms with E-state index in [1.165, 1.54) is 12.1 Å². The molecule has 0 atom stereocenters. The molecule has 0 saturated carbocycles. The van der Waals surface area contributed by atoms with Crippen molar-refractivity contribution in [2.75, 3.05) is 0 Å². The van der Waals surface area contributed by atoms with Crippen LogP contribution in [0.3, 0.4) is 0 Å². The molecular formula is C20H17N3O4S. The predicted molar refractivity (Wildman–Crippen MR) is 105 cm³/mol. The van der Waals surface area contributed by atoms with Crippen molar-refractivity contribution in [3.8, 4) is 16.9 Å². The Morgan fingerprint density at radius 2 is 1.32 bits per heavy atom. The molecule has 0 fully saturated rings. The summed E-state index contributed by atoms with van der Waals surface area (Å²) in [5, 5.41) is 2.80. The van der Waals surface area contributed by atoms with Crippen molar-refractivity contribution >= 4 is 16.3 Å². The minimum atomic E-state index is -4.21. The van der Waals surface area contributed by atoms with Gasteiger partial charge in [0.15, 0.2) is 0 Å². The number of para-hydroxylation sites is 1. The molecular weight excluding hydrogens is 378 g/mol. The second-order valence-corrected chi connectivity index (χ2v) is 7.44. The minimum Gasteiger partial charge on any atom is -0.370 e. The third kappa shape index (κ3) is 3.68. The first kappa shape index (κ1) is 18.0. The number of benzene rings is 3. The normalized spacial score (nSPS) is 12.7. The lowest BCUT2D eigenvalue weighted by atomic mass is 10.1. The van der Waals surface area contributed by atoms with E-state index < -0.39 is 16.3 Å². The SMILES string of the molecule is O=C(NNS(=O)(=O)Oc1ccccc1)NC1c2ccccc2-c2ccccc21. The average Bonchev–Trinajstić information content (AvgIpc) is 3.01. The zero-order chi connectivity index (χ0) is 19.6. The van der Waals surface area contributed by atoms with Gasteiger partial charge in [0.25, 0.3) is 0 Å². The first-order valence-electron chi connectivity index (χ1n) is 8.54. The lowest BCUT2D eigenvalue weighted by Gasteiger charge is -2.17. The van der Waals surface area contributed by atoms with Gasteiger partial charge in [-0.2, -0.15) is 8.42 Å². The van der Waals surface area contributed by atoms with Gasteiger partial charge in [-0.3, -0.25) is 5.43 Å². The van der Waals surface area contributed by atoms with Crippen LogP contribution in [0.2, 0.25) is 0 Å². The molecule has 0 unspecified atom stereocenters. The molecule has 142 valence electrons. The van der Waals surface area contributed by atoms with Crippen molar-refractivity contribution in [1.29, 1.82) is 0 Å². The van der Waals surface area contributed by atoms with Crippen LogP contribution < -0.4 is 19.8 Å². The lowest BCUT2D eigenvalue weighted by molar-refractivity contribution is 0.236. The summed E-state index contributed by atoms with van der Waals surface area (Å²) in [7, 11) is -4.21. The van der Waals surface area contributed by atoms with Gasteiger partial charge in [0, 0.05) is 0 Å². The quantitative estimate of drug-likeness (QED) is 0.579. The van der Waals surface area contributed by atoms with E-state index in [1.54, 1.807) is 18.2 Å². The molecule has 2 amide bonds. The predicted octanol–water partition coefficient (Wildman–Crippen LogP) is 2.88. The van der Waals surface area contributed by atoms with Crippen molar-refractivity contribution in [2.24, 2.45) is 0 Å². The molecule has 8 heteroatoms. The summed E-state index contributed by atoms with van der Waals surface area (Å²) in [6.45, 7) is 0. The van der Waals surface area contributed by atoms with Gasteiger partial charge in [-0.15, -0.1) is 0 Å². The standard InChI is InChI=1S/C20H17N3O4S/c24-20(22-23-28(25,26)27-14-8-2-1-3-9-14)21-19-17-12-6-4-10-15(17)16-11-5-7-13-18(16)19/h1-13,19,23H,(H2,21,22,24). The van der Waals surface area contributed by atoms with E-state index in [4.69, 9.17) is 4.18 Å². The summed E-state index contributed by atoms with van der Waals surface area (Å²) in [6.07, 6.45) is 0. The van der Waals surface area contributed by atoms with Gasteiger partial charge in [0.05, 0.1) is 6.04 Å². The molecule has 4 rings (SSSR count). The second kappa shape index (κ2) is 7.34. The van der Waals surface area contributed by atoms with Gasteiger partial charge >= 0.3 is 16.3 Å². The van der Waals surface area contributed by atoms with Crippen molar-refractivity contribution < 1.29 is 17.4 Å². The molecule has 3 N–H and O–H groups in total. The zero-order valence-electron chi connectivity index (χ0n) is 14.6. The summed E-state index contributed by atoms with van der Waals surface area (Å²) in [5.74, 6) is 0.135. The summed E-state index contributed by atoms with van der Waals surface area (Å²) >= 11 is 0. The Balaban J connectivity index is 1.44.